The van der Waals surface area contributed by atoms with Crippen LogP contribution in [0.5, 0.6) is 0 Å². The SMILES string of the molecule is CON=C1CCCC(=O)C1(C)[Si](C)(C)C(C)(C)C. The van der Waals surface area contributed by atoms with Gasteiger partial charge in [-0.15, -0.1) is 0 Å². The Morgan fingerprint density at radius 2 is 1.83 bits per heavy atom. The van der Waals surface area contributed by atoms with E-state index in [1.165, 1.54) is 0 Å². The third-order valence-electron chi connectivity index (χ3n) is 5.28. The van der Waals surface area contributed by atoms with Gasteiger partial charge in [0.1, 0.15) is 12.9 Å². The van der Waals surface area contributed by atoms with Crippen molar-refractivity contribution in [1.82, 2.24) is 0 Å². The Balaban J connectivity index is 3.36. The molecule has 1 rings (SSSR count). The van der Waals surface area contributed by atoms with Crippen molar-refractivity contribution in [3.05, 3.63) is 0 Å². The van der Waals surface area contributed by atoms with Crippen LogP contribution in [0.15, 0.2) is 5.16 Å². The molecule has 0 aromatic rings. The number of Topliss-reactive ketones (excluding diaryl/α,β-unsaturated/α-hetero) is 1. The third kappa shape index (κ3) is 2.15. The van der Waals surface area contributed by atoms with Gasteiger partial charge in [0.05, 0.1) is 18.8 Å². The van der Waals surface area contributed by atoms with Crippen molar-refractivity contribution in [2.75, 3.05) is 7.11 Å². The van der Waals surface area contributed by atoms with Gasteiger partial charge in [0.15, 0.2) is 0 Å². The Bertz CT molecular complexity index is 368. The standard InChI is InChI=1S/C14H27NO2Si/c1-13(2,3)18(6,7)14(4)11(15-17-5)9-8-10-12(14)16/h8-10H2,1-7H3. The van der Waals surface area contributed by atoms with E-state index in [2.05, 4.69) is 45.9 Å². The highest BCUT2D eigenvalue weighted by Gasteiger charge is 2.57. The van der Waals surface area contributed by atoms with Gasteiger partial charge in [0.25, 0.3) is 0 Å². The van der Waals surface area contributed by atoms with E-state index < -0.39 is 8.07 Å². The summed E-state index contributed by atoms with van der Waals surface area (Å²) in [6, 6.07) is 0. The van der Waals surface area contributed by atoms with Crippen LogP contribution in [0.2, 0.25) is 23.2 Å². The van der Waals surface area contributed by atoms with Crippen LogP contribution in [0, 0.1) is 0 Å². The van der Waals surface area contributed by atoms with Crippen molar-refractivity contribution in [3.8, 4) is 0 Å². The number of oxime groups is 1. The largest absolute Gasteiger partial charge is 0.399 e. The molecule has 1 saturated carbocycles. The number of rotatable bonds is 2. The van der Waals surface area contributed by atoms with E-state index in [0.717, 1.165) is 18.6 Å². The molecule has 1 fully saturated rings. The maximum Gasteiger partial charge on any atom is 0.141 e. The van der Waals surface area contributed by atoms with Crippen molar-refractivity contribution < 1.29 is 9.63 Å². The first-order chi connectivity index (χ1) is 8.09. The third-order valence-corrected chi connectivity index (χ3v) is 12.1. The summed E-state index contributed by atoms with van der Waals surface area (Å²) in [6.07, 6.45) is 2.49. The summed E-state index contributed by atoms with van der Waals surface area (Å²) < 4.78 is 0. The van der Waals surface area contributed by atoms with Crippen LogP contribution < -0.4 is 0 Å². The van der Waals surface area contributed by atoms with Crippen molar-refractivity contribution in [3.63, 3.8) is 0 Å². The van der Waals surface area contributed by atoms with E-state index >= 15 is 0 Å². The van der Waals surface area contributed by atoms with Crippen molar-refractivity contribution in [2.24, 2.45) is 5.16 Å². The zero-order chi connectivity index (χ0) is 14.2. The molecule has 0 aliphatic heterocycles. The first-order valence-electron chi connectivity index (χ1n) is 6.73. The van der Waals surface area contributed by atoms with E-state index in [-0.39, 0.29) is 10.1 Å². The molecule has 0 aromatic carbocycles. The number of hydrogen-bond donors (Lipinski definition) is 0. The Kier molecular flexibility index (Phi) is 4.11. The molecule has 1 aliphatic carbocycles. The minimum absolute atomic E-state index is 0.156. The first-order valence-corrected chi connectivity index (χ1v) is 9.73. The smallest absolute Gasteiger partial charge is 0.141 e. The van der Waals surface area contributed by atoms with Crippen LogP contribution in [0.1, 0.15) is 47.0 Å². The highest BCUT2D eigenvalue weighted by atomic mass is 28.3. The van der Waals surface area contributed by atoms with E-state index in [1.54, 1.807) is 7.11 Å². The summed E-state index contributed by atoms with van der Waals surface area (Å²) in [5.74, 6) is 0.358. The van der Waals surface area contributed by atoms with Gasteiger partial charge in [-0.1, -0.05) is 39.0 Å². The molecule has 0 radical (unpaired) electrons. The molecule has 0 aromatic heterocycles. The molecule has 1 unspecified atom stereocenters. The molecular weight excluding hydrogens is 242 g/mol. The quantitative estimate of drug-likeness (QED) is 0.561. The lowest BCUT2D eigenvalue weighted by Gasteiger charge is -2.51. The summed E-state index contributed by atoms with van der Waals surface area (Å²) >= 11 is 0. The highest BCUT2D eigenvalue weighted by Crippen LogP contribution is 2.55. The fraction of sp³-hybridized carbons (Fsp3) is 0.857. The predicted octanol–water partition coefficient (Wildman–Crippen LogP) is 4.01. The molecule has 0 bridgehead atoms. The Hall–Kier alpha value is -0.643. The molecule has 0 heterocycles. The Morgan fingerprint density at radius 3 is 2.28 bits per heavy atom. The van der Waals surface area contributed by atoms with Crippen LogP contribution in [0.4, 0.5) is 0 Å². The van der Waals surface area contributed by atoms with Gasteiger partial charge >= 0.3 is 0 Å². The monoisotopic (exact) mass is 269 g/mol. The Labute approximate surface area is 112 Å². The second-order valence-electron chi connectivity index (χ2n) is 7.00. The fourth-order valence-corrected chi connectivity index (χ4v) is 6.00. The Morgan fingerprint density at radius 1 is 1.28 bits per heavy atom. The van der Waals surface area contributed by atoms with E-state index in [4.69, 9.17) is 4.84 Å². The number of hydrogen-bond acceptors (Lipinski definition) is 3. The number of nitrogens with zero attached hydrogens (tertiary/aromatic N) is 1. The fourth-order valence-electron chi connectivity index (χ4n) is 2.78. The van der Waals surface area contributed by atoms with Gasteiger partial charge in [0, 0.05) is 6.42 Å². The van der Waals surface area contributed by atoms with Crippen LogP contribution in [0.25, 0.3) is 0 Å². The van der Waals surface area contributed by atoms with Gasteiger partial charge in [0.2, 0.25) is 0 Å². The van der Waals surface area contributed by atoms with Crippen LogP contribution >= 0.6 is 0 Å². The summed E-state index contributed by atoms with van der Waals surface area (Å²) in [6.45, 7) is 13.5. The second kappa shape index (κ2) is 4.80. The van der Waals surface area contributed by atoms with E-state index in [9.17, 15) is 4.79 Å². The zero-order valence-electron chi connectivity index (χ0n) is 12.9. The van der Waals surface area contributed by atoms with Crippen molar-refractivity contribution in [2.45, 2.75) is 70.1 Å². The second-order valence-corrected chi connectivity index (χ2v) is 12.7. The van der Waals surface area contributed by atoms with Gasteiger partial charge in [-0.3, -0.25) is 4.79 Å². The van der Waals surface area contributed by atoms with Crippen LogP contribution in [0.3, 0.4) is 0 Å². The summed E-state index contributed by atoms with van der Waals surface area (Å²) in [5.41, 5.74) is 0.966. The minimum atomic E-state index is -1.85. The maximum atomic E-state index is 12.6. The molecule has 0 spiro atoms. The average molecular weight is 269 g/mol. The molecule has 1 atom stereocenters. The number of carbonyl (C=O) groups is 1. The van der Waals surface area contributed by atoms with Gasteiger partial charge in [-0.25, -0.2) is 0 Å². The molecule has 104 valence electrons. The molecule has 4 heteroatoms. The number of ketones is 1. The molecule has 3 nitrogen and oxygen atoms in total. The molecule has 18 heavy (non-hydrogen) atoms. The maximum absolute atomic E-state index is 12.6. The topological polar surface area (TPSA) is 38.7 Å². The van der Waals surface area contributed by atoms with Crippen molar-refractivity contribution in [1.29, 1.82) is 0 Å². The average Bonchev–Trinajstić information content (AvgIpc) is 2.23. The van der Waals surface area contributed by atoms with E-state index in [1.807, 2.05) is 0 Å². The molecule has 1 aliphatic rings. The molecule has 0 N–H and O–H groups in total. The van der Waals surface area contributed by atoms with Gasteiger partial charge < -0.3 is 4.84 Å². The van der Waals surface area contributed by atoms with Gasteiger partial charge in [-0.2, -0.15) is 0 Å². The first kappa shape index (κ1) is 15.4. The lowest BCUT2D eigenvalue weighted by molar-refractivity contribution is -0.120. The van der Waals surface area contributed by atoms with E-state index in [0.29, 0.717) is 12.2 Å². The molecular formula is C14H27NO2Si. The van der Waals surface area contributed by atoms with Crippen molar-refractivity contribution >= 4 is 19.6 Å². The summed E-state index contributed by atoms with van der Waals surface area (Å²) in [5, 5.41) is 3.96. The summed E-state index contributed by atoms with van der Waals surface area (Å²) in [7, 11) is -0.284. The molecule has 0 saturated heterocycles. The van der Waals surface area contributed by atoms with Gasteiger partial charge in [-0.05, 0) is 24.8 Å². The molecule has 0 amide bonds. The summed E-state index contributed by atoms with van der Waals surface area (Å²) in [4.78, 5) is 17.6. The van der Waals surface area contributed by atoms with Crippen LogP contribution in [-0.4, -0.2) is 26.7 Å². The minimum Gasteiger partial charge on any atom is -0.399 e. The lowest BCUT2D eigenvalue weighted by Crippen LogP contribution is -2.57. The predicted molar refractivity (Wildman–Crippen MR) is 78.9 cm³/mol. The number of carbonyl (C=O) groups excluding carboxylic acids is 1. The zero-order valence-corrected chi connectivity index (χ0v) is 13.9. The van der Waals surface area contributed by atoms with Crippen LogP contribution in [-0.2, 0) is 9.63 Å². The lowest BCUT2D eigenvalue weighted by atomic mass is 9.86. The highest BCUT2D eigenvalue weighted by molar-refractivity contribution is 6.89. The normalized spacial score (nSPS) is 28.6.